The van der Waals surface area contributed by atoms with Gasteiger partial charge in [-0.3, -0.25) is 0 Å². The van der Waals surface area contributed by atoms with E-state index in [9.17, 15) is 0 Å². The third-order valence-corrected chi connectivity index (χ3v) is 1.46. The first-order valence-corrected chi connectivity index (χ1v) is 4.58. The van der Waals surface area contributed by atoms with Gasteiger partial charge in [0.05, 0.1) is 0 Å². The Balaban J connectivity index is 2.73. The average Bonchev–Trinajstić information content (AvgIpc) is 2.10. The molecule has 0 unspecified atom stereocenters. The molecule has 0 heterocycles. The molecule has 0 fully saturated rings. The second-order valence-electron chi connectivity index (χ2n) is 2.63. The topological polar surface area (TPSA) is 80.2 Å². The lowest BCUT2D eigenvalue weighted by molar-refractivity contribution is 0.576. The monoisotopic (exact) mass is 172 g/mol. The minimum atomic E-state index is 0.730. The quantitative estimate of drug-likeness (QED) is 0.433. The summed E-state index contributed by atoms with van der Waals surface area (Å²) in [6.07, 6.45) is 1.98. The Morgan fingerprint density at radius 3 is 1.42 bits per heavy atom. The lowest BCUT2D eigenvalue weighted by Crippen LogP contribution is -2.21. The van der Waals surface area contributed by atoms with Gasteiger partial charge in [-0.2, -0.15) is 0 Å². The van der Waals surface area contributed by atoms with Crippen molar-refractivity contribution in [1.82, 2.24) is 10.6 Å². The molecule has 4 heteroatoms. The van der Waals surface area contributed by atoms with Crippen LogP contribution in [0.25, 0.3) is 0 Å². The number of hydrogen-bond acceptors (Lipinski definition) is 2. The first kappa shape index (κ1) is 11.8. The van der Waals surface area contributed by atoms with Crippen LogP contribution in [0, 0.1) is 0 Å². The Hall–Kier alpha value is -0.160. The molecule has 0 rings (SSSR count). The van der Waals surface area contributed by atoms with Gasteiger partial charge in [0.2, 0.25) is 0 Å². The van der Waals surface area contributed by atoms with Gasteiger partial charge in [0, 0.05) is 26.2 Å². The summed E-state index contributed by atoms with van der Waals surface area (Å²) >= 11 is 0. The van der Waals surface area contributed by atoms with E-state index in [4.69, 9.17) is 11.5 Å². The summed E-state index contributed by atoms with van der Waals surface area (Å²) < 4.78 is 0. The molecule has 0 aliphatic rings. The number of nitrogens with two attached hydrogens (primary N) is 2. The summed E-state index contributed by atoms with van der Waals surface area (Å²) in [5.74, 6) is 0. The lowest BCUT2D eigenvalue weighted by atomic mass is 10.4. The fourth-order valence-electron chi connectivity index (χ4n) is 0.771. The van der Waals surface area contributed by atoms with Crippen molar-refractivity contribution in [2.24, 2.45) is 11.5 Å². The van der Waals surface area contributed by atoms with Gasteiger partial charge in [0.25, 0.3) is 0 Å². The standard InChI is InChI=1S/C8H20N4/c9-3-1-5-11-7-8-12-6-2-4-10/h1-10H2. The van der Waals surface area contributed by atoms with Crippen LogP contribution < -0.4 is 22.1 Å². The Morgan fingerprint density at radius 2 is 1.08 bits per heavy atom. The molecular formula is C8H20N4. The molecule has 4 nitrogen and oxygen atoms in total. The zero-order chi connectivity index (χ0) is 9.07. The van der Waals surface area contributed by atoms with Crippen molar-refractivity contribution in [3.63, 3.8) is 0 Å². The van der Waals surface area contributed by atoms with Crippen molar-refractivity contribution >= 4 is 0 Å². The highest BCUT2D eigenvalue weighted by atomic mass is 14.9. The maximum absolute atomic E-state index is 5.31. The van der Waals surface area contributed by atoms with Crippen LogP contribution in [0.1, 0.15) is 12.8 Å². The van der Waals surface area contributed by atoms with E-state index in [0.717, 1.165) is 52.1 Å². The highest BCUT2D eigenvalue weighted by Gasteiger charge is 1.89. The van der Waals surface area contributed by atoms with Gasteiger partial charge in [-0.15, -0.1) is 0 Å². The molecule has 0 aromatic rings. The predicted octanol–water partition coefficient (Wildman–Crippen LogP) is -1.11. The molecule has 2 radical (unpaired) electrons. The summed E-state index contributed by atoms with van der Waals surface area (Å²) in [4.78, 5) is 0. The van der Waals surface area contributed by atoms with Crippen LogP contribution in [0.3, 0.4) is 0 Å². The average molecular weight is 172 g/mol. The molecular weight excluding hydrogens is 152 g/mol. The molecule has 0 aliphatic carbocycles. The molecule has 0 spiro atoms. The summed E-state index contributed by atoms with van der Waals surface area (Å²) in [5, 5.41) is 8.51. The van der Waals surface area contributed by atoms with Crippen LogP contribution in [0.4, 0.5) is 0 Å². The van der Waals surface area contributed by atoms with E-state index < -0.39 is 0 Å². The molecule has 0 bridgehead atoms. The van der Waals surface area contributed by atoms with Crippen LogP contribution in [0.5, 0.6) is 0 Å². The van der Waals surface area contributed by atoms with E-state index in [-0.39, 0.29) is 0 Å². The highest BCUT2D eigenvalue weighted by Crippen LogP contribution is 1.74. The summed E-state index contributed by atoms with van der Waals surface area (Å²) in [5.41, 5.74) is 10.6. The van der Waals surface area contributed by atoms with E-state index in [1.54, 1.807) is 0 Å². The van der Waals surface area contributed by atoms with E-state index in [2.05, 4.69) is 10.6 Å². The van der Waals surface area contributed by atoms with E-state index in [1.165, 1.54) is 0 Å². The highest BCUT2D eigenvalue weighted by molar-refractivity contribution is 4.52. The minimum Gasteiger partial charge on any atom is -0.330 e. The van der Waals surface area contributed by atoms with Crippen molar-refractivity contribution in [3.05, 3.63) is 0 Å². The van der Waals surface area contributed by atoms with Gasteiger partial charge in [0.15, 0.2) is 0 Å². The second-order valence-corrected chi connectivity index (χ2v) is 2.63. The van der Waals surface area contributed by atoms with Gasteiger partial charge in [0.1, 0.15) is 0 Å². The van der Waals surface area contributed by atoms with Crippen molar-refractivity contribution in [2.75, 3.05) is 39.3 Å². The summed E-state index contributed by atoms with van der Waals surface area (Å²) in [6.45, 7) is 4.89. The molecule has 0 saturated carbocycles. The van der Waals surface area contributed by atoms with Gasteiger partial charge in [-0.1, -0.05) is 0 Å². The fourth-order valence-corrected chi connectivity index (χ4v) is 0.771. The minimum absolute atomic E-state index is 0.730. The van der Waals surface area contributed by atoms with Gasteiger partial charge < -0.3 is 11.5 Å². The predicted molar refractivity (Wildman–Crippen MR) is 51.1 cm³/mol. The zero-order valence-electron chi connectivity index (χ0n) is 7.71. The smallest absolute Gasteiger partial charge is 0.0275 e. The van der Waals surface area contributed by atoms with Crippen molar-refractivity contribution in [1.29, 1.82) is 0 Å². The van der Waals surface area contributed by atoms with Crippen LogP contribution in [0.2, 0.25) is 0 Å². The lowest BCUT2D eigenvalue weighted by Gasteiger charge is -2.01. The second kappa shape index (κ2) is 10.8. The van der Waals surface area contributed by atoms with Gasteiger partial charge in [-0.05, 0) is 25.9 Å². The molecule has 0 atom stereocenters. The fraction of sp³-hybridized carbons (Fsp3) is 1.00. The Kier molecular flexibility index (Phi) is 10.7. The largest absolute Gasteiger partial charge is 0.330 e. The SMILES string of the molecule is NCCC[N]CC[N]CCCN. The number of nitrogens with zero attached hydrogens (tertiary/aromatic N) is 2. The van der Waals surface area contributed by atoms with Gasteiger partial charge >= 0.3 is 0 Å². The molecule has 0 aromatic heterocycles. The summed E-state index contributed by atoms with van der Waals surface area (Å²) in [6, 6.07) is 0. The third-order valence-electron chi connectivity index (χ3n) is 1.46. The molecule has 0 aliphatic heterocycles. The van der Waals surface area contributed by atoms with Crippen LogP contribution in [-0.4, -0.2) is 39.3 Å². The van der Waals surface area contributed by atoms with Crippen molar-refractivity contribution in [3.8, 4) is 0 Å². The first-order chi connectivity index (χ1) is 5.91. The Morgan fingerprint density at radius 1 is 0.667 bits per heavy atom. The first-order valence-electron chi connectivity index (χ1n) is 4.58. The maximum Gasteiger partial charge on any atom is 0.0275 e. The van der Waals surface area contributed by atoms with Crippen LogP contribution in [0.15, 0.2) is 0 Å². The summed E-state index contributed by atoms with van der Waals surface area (Å²) in [7, 11) is 0. The third kappa shape index (κ3) is 9.84. The molecule has 12 heavy (non-hydrogen) atoms. The van der Waals surface area contributed by atoms with Gasteiger partial charge in [-0.25, -0.2) is 10.6 Å². The normalized spacial score (nSPS) is 10.5. The number of rotatable bonds is 9. The maximum atomic E-state index is 5.31. The zero-order valence-corrected chi connectivity index (χ0v) is 7.71. The van der Waals surface area contributed by atoms with Crippen LogP contribution in [-0.2, 0) is 0 Å². The van der Waals surface area contributed by atoms with E-state index >= 15 is 0 Å². The molecule has 0 aromatic carbocycles. The molecule has 72 valence electrons. The molecule has 4 N–H and O–H groups in total. The van der Waals surface area contributed by atoms with Crippen LogP contribution >= 0.6 is 0 Å². The Labute approximate surface area is 75.1 Å². The van der Waals surface area contributed by atoms with E-state index in [1.807, 2.05) is 0 Å². The number of hydrogen-bond donors (Lipinski definition) is 2. The van der Waals surface area contributed by atoms with Crippen molar-refractivity contribution in [2.45, 2.75) is 12.8 Å². The van der Waals surface area contributed by atoms with Crippen molar-refractivity contribution < 1.29 is 0 Å². The van der Waals surface area contributed by atoms with E-state index in [0.29, 0.717) is 0 Å². The Bertz CT molecular complexity index is 67.5. The molecule has 0 amide bonds. The molecule has 0 saturated heterocycles.